The molecule has 3 aromatic rings. The van der Waals surface area contributed by atoms with Crippen LogP contribution in [0.5, 0.6) is 5.75 Å². The van der Waals surface area contributed by atoms with E-state index in [2.05, 4.69) is 21.4 Å². The van der Waals surface area contributed by atoms with E-state index in [1.807, 2.05) is 31.2 Å². The molecule has 0 bridgehead atoms. The molecule has 2 aliphatic rings. The van der Waals surface area contributed by atoms with Crippen molar-refractivity contribution in [3.63, 3.8) is 0 Å². The summed E-state index contributed by atoms with van der Waals surface area (Å²) in [5, 5.41) is 3.01. The number of anilines is 1. The molecule has 5 rings (SSSR count). The summed E-state index contributed by atoms with van der Waals surface area (Å²) in [5.41, 5.74) is 4.09. The molecule has 0 spiro atoms. The predicted octanol–water partition coefficient (Wildman–Crippen LogP) is 3.60. The minimum atomic E-state index is -0.484. The number of rotatable bonds is 4. The number of H-pyrrole nitrogens is 1. The molecule has 0 unspecified atom stereocenters. The Bertz CT molecular complexity index is 1160. The summed E-state index contributed by atoms with van der Waals surface area (Å²) in [4.78, 5) is 31.8. The standard InChI is InChI=1S/C23H21N3O3.H2/c1-14-2-6-19(25-21(14)16-3-7-20(27)24-13-16)26-22(28)23(9-10-23)17-4-5-18-15(12-17)8-11-29-18;/h2-7,12-13H,8-11H2,1H3,(H,24,27)(H,25,26,28);1H. The van der Waals surface area contributed by atoms with Crippen molar-refractivity contribution in [1.82, 2.24) is 9.97 Å². The van der Waals surface area contributed by atoms with Crippen molar-refractivity contribution in [3.05, 3.63) is 75.7 Å². The first-order valence-electron chi connectivity index (χ1n) is 9.80. The molecule has 6 heteroatoms. The number of fused-ring (bicyclic) bond motifs is 1. The van der Waals surface area contributed by atoms with Gasteiger partial charge in [0.25, 0.3) is 0 Å². The van der Waals surface area contributed by atoms with Crippen LogP contribution in [-0.2, 0) is 16.6 Å². The van der Waals surface area contributed by atoms with Gasteiger partial charge in [-0.05, 0) is 54.7 Å². The average Bonchev–Trinajstić information content (AvgIpc) is 3.41. The highest BCUT2D eigenvalue weighted by Gasteiger charge is 2.51. The van der Waals surface area contributed by atoms with Crippen molar-refractivity contribution < 1.29 is 11.0 Å². The Labute approximate surface area is 169 Å². The molecule has 6 nitrogen and oxygen atoms in total. The molecule has 2 aromatic heterocycles. The van der Waals surface area contributed by atoms with Crippen LogP contribution in [-0.4, -0.2) is 22.5 Å². The van der Waals surface area contributed by atoms with Gasteiger partial charge < -0.3 is 15.0 Å². The van der Waals surface area contributed by atoms with Crippen LogP contribution in [0.25, 0.3) is 11.3 Å². The minimum absolute atomic E-state index is 0. The van der Waals surface area contributed by atoms with Gasteiger partial charge in [0.1, 0.15) is 11.6 Å². The topological polar surface area (TPSA) is 84.1 Å². The van der Waals surface area contributed by atoms with E-state index in [-0.39, 0.29) is 12.9 Å². The molecule has 1 aliphatic carbocycles. The molecule has 0 radical (unpaired) electrons. The number of nitrogens with one attached hydrogen (secondary N) is 2. The van der Waals surface area contributed by atoms with E-state index in [4.69, 9.17) is 4.74 Å². The van der Waals surface area contributed by atoms with Crippen molar-refractivity contribution >= 4 is 11.7 Å². The highest BCUT2D eigenvalue weighted by Crippen LogP contribution is 2.50. The fraction of sp³-hybridized carbons (Fsp3) is 0.261. The van der Waals surface area contributed by atoms with Gasteiger partial charge in [0.05, 0.1) is 17.7 Å². The molecule has 1 aliphatic heterocycles. The maximum absolute atomic E-state index is 13.1. The van der Waals surface area contributed by atoms with Gasteiger partial charge in [0, 0.05) is 25.7 Å². The first-order chi connectivity index (χ1) is 14.0. The van der Waals surface area contributed by atoms with Gasteiger partial charge in [-0.1, -0.05) is 18.2 Å². The van der Waals surface area contributed by atoms with Crippen molar-refractivity contribution in [2.75, 3.05) is 11.9 Å². The number of carbonyl (C=O) groups is 1. The highest BCUT2D eigenvalue weighted by molar-refractivity contribution is 6.01. The predicted molar refractivity (Wildman–Crippen MR) is 112 cm³/mol. The van der Waals surface area contributed by atoms with E-state index in [1.165, 1.54) is 11.6 Å². The van der Waals surface area contributed by atoms with Gasteiger partial charge in [-0.25, -0.2) is 4.98 Å². The Morgan fingerprint density at radius 3 is 2.83 bits per heavy atom. The maximum Gasteiger partial charge on any atom is 0.247 e. The first kappa shape index (κ1) is 17.7. The van der Waals surface area contributed by atoms with Crippen LogP contribution in [0.1, 0.15) is 31.0 Å². The number of benzene rings is 1. The fourth-order valence-corrected chi connectivity index (χ4v) is 3.94. The van der Waals surface area contributed by atoms with E-state index in [1.54, 1.807) is 12.3 Å². The van der Waals surface area contributed by atoms with E-state index >= 15 is 0 Å². The van der Waals surface area contributed by atoms with Gasteiger partial charge in [0.2, 0.25) is 11.5 Å². The molecule has 29 heavy (non-hydrogen) atoms. The summed E-state index contributed by atoms with van der Waals surface area (Å²) >= 11 is 0. The molecule has 0 saturated heterocycles. The monoisotopic (exact) mass is 389 g/mol. The third-order valence-electron chi connectivity index (χ3n) is 5.82. The molecule has 1 amide bonds. The average molecular weight is 389 g/mol. The smallest absolute Gasteiger partial charge is 0.247 e. The van der Waals surface area contributed by atoms with Gasteiger partial charge in [0.15, 0.2) is 0 Å². The van der Waals surface area contributed by atoms with Crippen molar-refractivity contribution in [3.8, 4) is 17.0 Å². The molecule has 148 valence electrons. The summed E-state index contributed by atoms with van der Waals surface area (Å²) in [6.45, 7) is 2.66. The number of carbonyl (C=O) groups excluding carboxylic acids is 1. The molecule has 0 atom stereocenters. The lowest BCUT2D eigenvalue weighted by Gasteiger charge is -2.17. The van der Waals surface area contributed by atoms with Crippen LogP contribution in [0.2, 0.25) is 0 Å². The Balaban J connectivity index is 0.00000218. The maximum atomic E-state index is 13.1. The van der Waals surface area contributed by atoms with Crippen molar-refractivity contribution in [2.24, 2.45) is 0 Å². The number of hydrogen-bond acceptors (Lipinski definition) is 4. The van der Waals surface area contributed by atoms with Crippen LogP contribution < -0.4 is 15.6 Å². The summed E-state index contributed by atoms with van der Waals surface area (Å²) in [6.07, 6.45) is 4.19. The normalized spacial score (nSPS) is 16.0. The van der Waals surface area contributed by atoms with Gasteiger partial charge >= 0.3 is 0 Å². The van der Waals surface area contributed by atoms with E-state index < -0.39 is 5.41 Å². The lowest BCUT2D eigenvalue weighted by Crippen LogP contribution is -2.28. The second-order valence-corrected chi connectivity index (χ2v) is 7.76. The number of pyridine rings is 2. The third-order valence-corrected chi connectivity index (χ3v) is 5.82. The van der Waals surface area contributed by atoms with Crippen LogP contribution in [0.3, 0.4) is 0 Å². The zero-order valence-corrected chi connectivity index (χ0v) is 16.1. The SMILES string of the molecule is Cc1ccc(NC(=O)C2(c3ccc4c(c3)CCO4)CC2)nc1-c1ccc(=O)[nH]c1.[HH]. The number of aromatic nitrogens is 2. The number of aromatic amines is 1. The number of aryl methyl sites for hydroxylation is 1. The minimum Gasteiger partial charge on any atom is -0.493 e. The lowest BCUT2D eigenvalue weighted by molar-refractivity contribution is -0.118. The van der Waals surface area contributed by atoms with E-state index in [9.17, 15) is 9.59 Å². The Morgan fingerprint density at radius 1 is 1.21 bits per heavy atom. The molecule has 1 saturated carbocycles. The first-order valence-corrected chi connectivity index (χ1v) is 9.80. The zero-order valence-electron chi connectivity index (χ0n) is 16.1. The highest BCUT2D eigenvalue weighted by atomic mass is 16.5. The van der Waals surface area contributed by atoms with E-state index in [0.29, 0.717) is 12.4 Å². The summed E-state index contributed by atoms with van der Waals surface area (Å²) in [7, 11) is 0. The quantitative estimate of drug-likeness (QED) is 0.714. The molecule has 2 N–H and O–H groups in total. The Morgan fingerprint density at radius 2 is 2.07 bits per heavy atom. The largest absolute Gasteiger partial charge is 0.493 e. The number of nitrogens with zero attached hydrogens (tertiary/aromatic N) is 1. The second kappa shape index (κ2) is 6.58. The zero-order chi connectivity index (χ0) is 20.0. The number of hydrogen-bond donors (Lipinski definition) is 2. The van der Waals surface area contributed by atoms with E-state index in [0.717, 1.165) is 47.4 Å². The van der Waals surface area contributed by atoms with Crippen molar-refractivity contribution in [2.45, 2.75) is 31.6 Å². The molecule has 1 aromatic carbocycles. The number of amides is 1. The summed E-state index contributed by atoms with van der Waals surface area (Å²) in [6, 6.07) is 13.0. The van der Waals surface area contributed by atoms with Crippen LogP contribution in [0.4, 0.5) is 5.82 Å². The molecule has 3 heterocycles. The summed E-state index contributed by atoms with van der Waals surface area (Å²) < 4.78 is 5.58. The van der Waals surface area contributed by atoms with Gasteiger partial charge in [-0.3, -0.25) is 9.59 Å². The third kappa shape index (κ3) is 3.10. The molecular formula is C23H23N3O3. The molecular weight excluding hydrogens is 366 g/mol. The van der Waals surface area contributed by atoms with Gasteiger partial charge in [-0.2, -0.15) is 0 Å². The van der Waals surface area contributed by atoms with Crippen LogP contribution in [0.15, 0.2) is 53.5 Å². The Hall–Kier alpha value is -3.41. The summed E-state index contributed by atoms with van der Waals surface area (Å²) in [5.74, 6) is 1.41. The molecule has 1 fully saturated rings. The lowest BCUT2D eigenvalue weighted by atomic mass is 9.93. The van der Waals surface area contributed by atoms with Gasteiger partial charge in [-0.15, -0.1) is 0 Å². The second-order valence-electron chi connectivity index (χ2n) is 7.76. The van der Waals surface area contributed by atoms with Crippen LogP contribution >= 0.6 is 0 Å². The van der Waals surface area contributed by atoms with Crippen molar-refractivity contribution in [1.29, 1.82) is 0 Å². The van der Waals surface area contributed by atoms with Crippen LogP contribution in [0, 0.1) is 6.92 Å². The fourth-order valence-electron chi connectivity index (χ4n) is 3.94. The Kier molecular flexibility index (Phi) is 4.01. The number of ether oxygens (including phenoxy) is 1.